The molecular formula is C23H25F2N5O. The summed E-state index contributed by atoms with van der Waals surface area (Å²) in [5, 5.41) is 10.7. The van der Waals surface area contributed by atoms with E-state index >= 15 is 0 Å². The van der Waals surface area contributed by atoms with Crippen molar-refractivity contribution in [2.24, 2.45) is 0 Å². The van der Waals surface area contributed by atoms with E-state index in [1.807, 2.05) is 12.1 Å². The van der Waals surface area contributed by atoms with Gasteiger partial charge >= 0.3 is 0 Å². The molecule has 2 aliphatic rings. The molecule has 2 aliphatic heterocycles. The van der Waals surface area contributed by atoms with Crippen LogP contribution in [0.15, 0.2) is 42.7 Å². The quantitative estimate of drug-likeness (QED) is 0.672. The van der Waals surface area contributed by atoms with Gasteiger partial charge in [-0.1, -0.05) is 0 Å². The summed E-state index contributed by atoms with van der Waals surface area (Å²) in [6.45, 7) is 2.49. The first-order valence-corrected chi connectivity index (χ1v) is 10.8. The molecule has 2 saturated heterocycles. The molecule has 4 heterocycles. The molecule has 6 nitrogen and oxygen atoms in total. The molecule has 2 aromatic heterocycles. The van der Waals surface area contributed by atoms with E-state index < -0.39 is 11.6 Å². The highest BCUT2D eigenvalue weighted by molar-refractivity contribution is 6.01. The van der Waals surface area contributed by atoms with Crippen LogP contribution in [0, 0.1) is 11.6 Å². The van der Waals surface area contributed by atoms with Crippen LogP contribution in [0.4, 0.5) is 14.5 Å². The van der Waals surface area contributed by atoms with E-state index in [2.05, 4.69) is 20.6 Å². The Balaban J connectivity index is 1.44. The Labute approximate surface area is 179 Å². The zero-order valence-electron chi connectivity index (χ0n) is 17.2. The number of benzene rings is 1. The summed E-state index contributed by atoms with van der Waals surface area (Å²) in [5.74, 6) is -0.981. The van der Waals surface area contributed by atoms with Crippen molar-refractivity contribution in [3.8, 4) is 0 Å². The summed E-state index contributed by atoms with van der Waals surface area (Å²) in [6, 6.07) is 7.29. The fourth-order valence-electron chi connectivity index (χ4n) is 4.73. The first-order valence-electron chi connectivity index (χ1n) is 10.8. The highest BCUT2D eigenvalue weighted by Crippen LogP contribution is 2.38. The van der Waals surface area contributed by atoms with Gasteiger partial charge in [0.1, 0.15) is 11.6 Å². The monoisotopic (exact) mass is 425 g/mol. The molecule has 2 fully saturated rings. The van der Waals surface area contributed by atoms with Gasteiger partial charge < -0.3 is 15.5 Å². The van der Waals surface area contributed by atoms with Gasteiger partial charge in [-0.25, -0.2) is 13.3 Å². The fourth-order valence-corrected chi connectivity index (χ4v) is 4.73. The van der Waals surface area contributed by atoms with Crippen molar-refractivity contribution in [3.63, 3.8) is 0 Å². The highest BCUT2D eigenvalue weighted by Gasteiger charge is 2.29. The molecule has 1 unspecified atom stereocenters. The van der Waals surface area contributed by atoms with E-state index in [0.29, 0.717) is 16.6 Å². The van der Waals surface area contributed by atoms with Gasteiger partial charge in [0.15, 0.2) is 0 Å². The Bertz CT molecular complexity index is 1110. The molecule has 0 aliphatic carbocycles. The van der Waals surface area contributed by atoms with Crippen molar-refractivity contribution in [1.29, 1.82) is 0 Å². The summed E-state index contributed by atoms with van der Waals surface area (Å²) in [5.41, 5.74) is 2.45. The number of carbonyl (C=O) groups excluding carboxylic acids is 1. The molecule has 162 valence electrons. The first-order chi connectivity index (χ1) is 15.1. The maximum atomic E-state index is 14.4. The number of carbonyl (C=O) groups is 1. The van der Waals surface area contributed by atoms with Crippen molar-refractivity contribution in [2.75, 3.05) is 24.5 Å². The minimum atomic E-state index is -0.439. The van der Waals surface area contributed by atoms with Gasteiger partial charge in [-0.3, -0.25) is 4.79 Å². The second kappa shape index (κ2) is 8.26. The number of rotatable bonds is 4. The Hall–Kier alpha value is -3.00. The van der Waals surface area contributed by atoms with Crippen molar-refractivity contribution in [1.82, 2.24) is 20.2 Å². The molecule has 2 N–H and O–H groups in total. The van der Waals surface area contributed by atoms with Gasteiger partial charge in [-0.2, -0.15) is 5.10 Å². The number of pyridine rings is 1. The van der Waals surface area contributed by atoms with Gasteiger partial charge in [0.25, 0.3) is 5.91 Å². The van der Waals surface area contributed by atoms with Crippen LogP contribution in [0.3, 0.4) is 0 Å². The SMILES string of the molecule is O=C(NC1CCCNC1)c1cnn2ccc(N3CCC[C@@H]3c3cc(F)ccc3F)cc12. The Morgan fingerprint density at radius 3 is 2.90 bits per heavy atom. The van der Waals surface area contributed by atoms with Crippen LogP contribution in [0.2, 0.25) is 0 Å². The van der Waals surface area contributed by atoms with Crippen LogP contribution < -0.4 is 15.5 Å². The number of aromatic nitrogens is 2. The van der Waals surface area contributed by atoms with Crippen LogP contribution >= 0.6 is 0 Å². The molecule has 3 aromatic rings. The number of hydrogen-bond acceptors (Lipinski definition) is 4. The summed E-state index contributed by atoms with van der Waals surface area (Å²) < 4.78 is 29.9. The third-order valence-electron chi connectivity index (χ3n) is 6.28. The molecule has 2 atom stereocenters. The molecule has 0 radical (unpaired) electrons. The van der Waals surface area contributed by atoms with E-state index in [0.717, 1.165) is 57.1 Å². The Morgan fingerprint density at radius 1 is 1.16 bits per heavy atom. The molecule has 1 amide bonds. The zero-order chi connectivity index (χ0) is 21.4. The van der Waals surface area contributed by atoms with Crippen molar-refractivity contribution in [2.45, 2.75) is 37.8 Å². The van der Waals surface area contributed by atoms with Crippen molar-refractivity contribution in [3.05, 3.63) is 65.5 Å². The largest absolute Gasteiger partial charge is 0.364 e. The lowest BCUT2D eigenvalue weighted by molar-refractivity contribution is 0.0932. The standard InChI is InChI=1S/C23H25F2N5O/c24-15-5-6-20(25)18(11-15)21-4-2-9-29(21)17-7-10-30-22(12-17)19(14-27-30)23(31)28-16-3-1-8-26-13-16/h5-7,10-12,14,16,21,26H,1-4,8-9,13H2,(H,28,31)/t16?,21-/m1/s1. The first kappa shape index (κ1) is 19.9. The lowest BCUT2D eigenvalue weighted by atomic mass is 10.0. The lowest BCUT2D eigenvalue weighted by Gasteiger charge is -2.27. The van der Waals surface area contributed by atoms with Gasteiger partial charge in [-0.05, 0) is 62.6 Å². The van der Waals surface area contributed by atoms with E-state index in [1.165, 1.54) is 12.1 Å². The predicted octanol–water partition coefficient (Wildman–Crippen LogP) is 3.44. The number of hydrogen-bond donors (Lipinski definition) is 2. The smallest absolute Gasteiger partial charge is 0.255 e. The van der Waals surface area contributed by atoms with E-state index in [4.69, 9.17) is 0 Å². The second-order valence-corrected chi connectivity index (χ2v) is 8.31. The van der Waals surface area contributed by atoms with Crippen LogP contribution in [0.1, 0.15) is 47.6 Å². The van der Waals surface area contributed by atoms with Crippen LogP contribution in [0.25, 0.3) is 5.52 Å². The molecule has 0 bridgehead atoms. The molecule has 8 heteroatoms. The summed E-state index contributed by atoms with van der Waals surface area (Å²) >= 11 is 0. The minimum Gasteiger partial charge on any atom is -0.364 e. The Kier molecular flexibility index (Phi) is 5.31. The number of piperidine rings is 1. The maximum absolute atomic E-state index is 14.4. The topological polar surface area (TPSA) is 61.7 Å². The average Bonchev–Trinajstić information content (AvgIpc) is 3.43. The third kappa shape index (κ3) is 3.87. The fraction of sp³-hybridized carbons (Fsp3) is 0.391. The second-order valence-electron chi connectivity index (χ2n) is 8.31. The molecule has 5 rings (SSSR count). The molecule has 1 aromatic carbocycles. The molecular weight excluding hydrogens is 400 g/mol. The lowest BCUT2D eigenvalue weighted by Crippen LogP contribution is -2.45. The molecule has 0 saturated carbocycles. The van der Waals surface area contributed by atoms with Gasteiger partial charge in [0.2, 0.25) is 0 Å². The maximum Gasteiger partial charge on any atom is 0.255 e. The van der Waals surface area contributed by atoms with Crippen LogP contribution in [0.5, 0.6) is 0 Å². The van der Waals surface area contributed by atoms with Crippen molar-refractivity contribution >= 4 is 17.1 Å². The van der Waals surface area contributed by atoms with Crippen molar-refractivity contribution < 1.29 is 13.6 Å². The third-order valence-corrected chi connectivity index (χ3v) is 6.28. The number of nitrogens with zero attached hydrogens (tertiary/aromatic N) is 3. The summed E-state index contributed by atoms with van der Waals surface area (Å²) in [4.78, 5) is 15.0. The molecule has 31 heavy (non-hydrogen) atoms. The van der Waals surface area contributed by atoms with Gasteiger partial charge in [-0.15, -0.1) is 0 Å². The number of halogens is 2. The van der Waals surface area contributed by atoms with E-state index in [-0.39, 0.29) is 18.0 Å². The van der Waals surface area contributed by atoms with Crippen LogP contribution in [-0.2, 0) is 0 Å². The summed E-state index contributed by atoms with van der Waals surface area (Å²) in [7, 11) is 0. The number of fused-ring (bicyclic) bond motifs is 1. The number of amides is 1. The predicted molar refractivity (Wildman–Crippen MR) is 114 cm³/mol. The van der Waals surface area contributed by atoms with Crippen LogP contribution in [-0.4, -0.2) is 41.2 Å². The van der Waals surface area contributed by atoms with Gasteiger partial charge in [0.05, 0.1) is 23.3 Å². The van der Waals surface area contributed by atoms with Gasteiger partial charge in [0, 0.05) is 36.6 Å². The highest BCUT2D eigenvalue weighted by atomic mass is 19.1. The Morgan fingerprint density at radius 2 is 2.06 bits per heavy atom. The summed E-state index contributed by atoms with van der Waals surface area (Å²) in [6.07, 6.45) is 7.01. The zero-order valence-corrected chi connectivity index (χ0v) is 17.2. The number of anilines is 1. The normalized spacial score (nSPS) is 21.5. The van der Waals surface area contributed by atoms with E-state index in [1.54, 1.807) is 16.9 Å². The average molecular weight is 425 g/mol. The minimum absolute atomic E-state index is 0.110. The van der Waals surface area contributed by atoms with E-state index in [9.17, 15) is 13.6 Å². The number of nitrogens with one attached hydrogen (secondary N) is 2. The molecule has 0 spiro atoms.